The summed E-state index contributed by atoms with van der Waals surface area (Å²) in [6.07, 6.45) is 1.00. The van der Waals surface area contributed by atoms with E-state index in [0.29, 0.717) is 49.8 Å². The fourth-order valence-electron chi connectivity index (χ4n) is 4.54. The average Bonchev–Trinajstić information content (AvgIpc) is 2.83. The summed E-state index contributed by atoms with van der Waals surface area (Å²) < 4.78 is 39.0. The first-order valence-corrected chi connectivity index (χ1v) is 13.4. The first kappa shape index (κ1) is 24.5. The first-order valence-electron chi connectivity index (χ1n) is 11.9. The quantitative estimate of drug-likeness (QED) is 0.667. The lowest BCUT2D eigenvalue weighted by atomic mass is 9.92. The number of aryl methyl sites for hydroxylation is 2. The molecule has 1 fully saturated rings. The van der Waals surface area contributed by atoms with Gasteiger partial charge >= 0.3 is 0 Å². The minimum atomic E-state index is -3.56. The molecule has 2 aliphatic rings. The summed E-state index contributed by atoms with van der Waals surface area (Å²) in [4.78, 5) is 13.5. The Labute approximate surface area is 202 Å². The van der Waals surface area contributed by atoms with Crippen LogP contribution in [0.5, 0.6) is 11.5 Å². The summed E-state index contributed by atoms with van der Waals surface area (Å²) in [5, 5.41) is 3.20. The Morgan fingerprint density at radius 3 is 2.29 bits per heavy atom. The molecule has 0 saturated carbocycles. The fourth-order valence-corrected chi connectivity index (χ4v) is 6.10. The predicted molar refractivity (Wildman–Crippen MR) is 131 cm³/mol. The molecular formula is C26H34N2O5S. The molecule has 2 heterocycles. The second-order valence-corrected chi connectivity index (χ2v) is 11.5. The zero-order valence-electron chi connectivity index (χ0n) is 20.3. The highest BCUT2D eigenvalue weighted by atomic mass is 32.2. The van der Waals surface area contributed by atoms with E-state index in [0.717, 1.165) is 22.4 Å². The number of piperidine rings is 1. The number of ether oxygens (including phenoxy) is 2. The Bertz CT molecular complexity index is 1150. The van der Waals surface area contributed by atoms with E-state index in [1.807, 2.05) is 38.1 Å². The number of fused-ring (bicyclic) bond motifs is 1. The van der Waals surface area contributed by atoms with Crippen LogP contribution in [0, 0.1) is 25.7 Å². The van der Waals surface area contributed by atoms with Gasteiger partial charge in [0, 0.05) is 19.0 Å². The summed E-state index contributed by atoms with van der Waals surface area (Å²) in [5.74, 6) is 1.35. The van der Waals surface area contributed by atoms with Gasteiger partial charge in [-0.05, 0) is 73.6 Å². The Morgan fingerprint density at radius 2 is 1.65 bits per heavy atom. The minimum Gasteiger partial charge on any atom is -0.486 e. The molecule has 1 amide bonds. The number of amides is 1. The number of benzene rings is 2. The molecule has 0 bridgehead atoms. The topological polar surface area (TPSA) is 84.9 Å². The van der Waals surface area contributed by atoms with E-state index in [9.17, 15) is 13.2 Å². The van der Waals surface area contributed by atoms with E-state index < -0.39 is 10.0 Å². The van der Waals surface area contributed by atoms with E-state index in [2.05, 4.69) is 19.2 Å². The molecule has 2 aromatic carbocycles. The van der Waals surface area contributed by atoms with Crippen molar-refractivity contribution in [3.05, 3.63) is 53.1 Å². The van der Waals surface area contributed by atoms with Crippen molar-refractivity contribution < 1.29 is 22.7 Å². The largest absolute Gasteiger partial charge is 0.486 e. The molecule has 8 heteroatoms. The van der Waals surface area contributed by atoms with E-state index in [4.69, 9.17) is 9.47 Å². The number of carbonyl (C=O) groups excluding carboxylic acids is 1. The maximum absolute atomic E-state index is 13.1. The molecule has 0 spiro atoms. The van der Waals surface area contributed by atoms with Crippen LogP contribution in [-0.2, 0) is 14.8 Å². The van der Waals surface area contributed by atoms with E-state index in [1.165, 1.54) is 4.31 Å². The lowest BCUT2D eigenvalue weighted by Gasteiger charge is -2.32. The van der Waals surface area contributed by atoms with Gasteiger partial charge in [0.25, 0.3) is 0 Å². The van der Waals surface area contributed by atoms with Crippen molar-refractivity contribution >= 4 is 15.9 Å². The van der Waals surface area contributed by atoms with Crippen LogP contribution in [0.25, 0.3) is 0 Å². The van der Waals surface area contributed by atoms with Gasteiger partial charge in [0.2, 0.25) is 15.9 Å². The summed E-state index contributed by atoms with van der Waals surface area (Å²) >= 11 is 0. The molecule has 4 rings (SSSR count). The SMILES string of the molecule is Cc1ccc(S(=O)(=O)N2CCC(C(=O)N[C@@H](c3ccc4c(c3)OCCO4)C(C)C)CC2)cc1C. The summed E-state index contributed by atoms with van der Waals surface area (Å²) in [7, 11) is -3.56. The maximum atomic E-state index is 13.1. The molecule has 7 nitrogen and oxygen atoms in total. The molecule has 0 radical (unpaired) electrons. The van der Waals surface area contributed by atoms with Gasteiger partial charge in [0.05, 0.1) is 10.9 Å². The number of rotatable bonds is 6. The molecule has 184 valence electrons. The highest BCUT2D eigenvalue weighted by Gasteiger charge is 2.33. The van der Waals surface area contributed by atoms with Crippen molar-refractivity contribution in [2.45, 2.75) is 51.5 Å². The third kappa shape index (κ3) is 5.08. The van der Waals surface area contributed by atoms with Gasteiger partial charge in [0.1, 0.15) is 13.2 Å². The van der Waals surface area contributed by atoms with Crippen molar-refractivity contribution in [2.24, 2.45) is 11.8 Å². The first-order chi connectivity index (χ1) is 16.2. The molecule has 1 N–H and O–H groups in total. The number of sulfonamides is 1. The normalized spacial score (nSPS) is 18.0. The van der Waals surface area contributed by atoms with Crippen molar-refractivity contribution in [3.63, 3.8) is 0 Å². The Morgan fingerprint density at radius 1 is 0.971 bits per heavy atom. The maximum Gasteiger partial charge on any atom is 0.243 e. The number of hydrogen-bond acceptors (Lipinski definition) is 5. The van der Waals surface area contributed by atoms with E-state index in [1.54, 1.807) is 12.1 Å². The van der Waals surface area contributed by atoms with Crippen molar-refractivity contribution in [1.82, 2.24) is 9.62 Å². The van der Waals surface area contributed by atoms with Crippen molar-refractivity contribution in [1.29, 1.82) is 0 Å². The van der Waals surface area contributed by atoms with Crippen molar-refractivity contribution in [2.75, 3.05) is 26.3 Å². The van der Waals surface area contributed by atoms with Gasteiger partial charge in [-0.15, -0.1) is 0 Å². The number of hydrogen-bond donors (Lipinski definition) is 1. The average molecular weight is 487 g/mol. The van der Waals surface area contributed by atoms with Crippen LogP contribution in [0.2, 0.25) is 0 Å². The molecule has 1 atom stereocenters. The van der Waals surface area contributed by atoms with Crippen LogP contribution < -0.4 is 14.8 Å². The summed E-state index contributed by atoms with van der Waals surface area (Å²) in [6, 6.07) is 10.9. The van der Waals surface area contributed by atoms with Crippen molar-refractivity contribution in [3.8, 4) is 11.5 Å². The third-order valence-corrected chi connectivity index (χ3v) is 8.73. The van der Waals surface area contributed by atoms with Crippen LogP contribution >= 0.6 is 0 Å². The third-order valence-electron chi connectivity index (χ3n) is 6.83. The van der Waals surface area contributed by atoms with Crippen LogP contribution in [-0.4, -0.2) is 44.9 Å². The van der Waals surface area contributed by atoms with Crippen LogP contribution in [0.4, 0.5) is 0 Å². The molecule has 0 aliphatic carbocycles. The zero-order valence-corrected chi connectivity index (χ0v) is 21.2. The molecule has 1 saturated heterocycles. The Balaban J connectivity index is 1.41. The van der Waals surface area contributed by atoms with E-state index in [-0.39, 0.29) is 23.8 Å². The molecule has 2 aliphatic heterocycles. The monoisotopic (exact) mass is 486 g/mol. The summed E-state index contributed by atoms with van der Waals surface area (Å²) in [5.41, 5.74) is 2.99. The Kier molecular flexibility index (Phi) is 7.19. The number of nitrogens with zero attached hydrogens (tertiary/aromatic N) is 1. The fraction of sp³-hybridized carbons (Fsp3) is 0.500. The van der Waals surface area contributed by atoms with E-state index >= 15 is 0 Å². The number of carbonyl (C=O) groups is 1. The molecule has 0 unspecified atom stereocenters. The minimum absolute atomic E-state index is 0.0307. The standard InChI is InChI=1S/C26H34N2O5S/c1-17(2)25(21-6-8-23-24(16-21)33-14-13-32-23)27-26(29)20-9-11-28(12-10-20)34(30,31)22-7-5-18(3)19(4)15-22/h5-8,15-17,20,25H,9-14H2,1-4H3,(H,27,29)/t25-/m1/s1. The highest BCUT2D eigenvalue weighted by Crippen LogP contribution is 2.35. The Hall–Kier alpha value is -2.58. The van der Waals surface area contributed by atoms with Gasteiger partial charge in [-0.2, -0.15) is 4.31 Å². The van der Waals surface area contributed by atoms with Gasteiger partial charge in [-0.1, -0.05) is 26.0 Å². The number of nitrogens with one attached hydrogen (secondary N) is 1. The lowest BCUT2D eigenvalue weighted by Crippen LogP contribution is -2.44. The lowest BCUT2D eigenvalue weighted by molar-refractivity contribution is -0.127. The van der Waals surface area contributed by atoms with Crippen LogP contribution in [0.15, 0.2) is 41.3 Å². The zero-order chi connectivity index (χ0) is 24.5. The smallest absolute Gasteiger partial charge is 0.243 e. The highest BCUT2D eigenvalue weighted by molar-refractivity contribution is 7.89. The molecule has 0 aromatic heterocycles. The van der Waals surface area contributed by atoms with Crippen LogP contribution in [0.1, 0.15) is 49.4 Å². The molecule has 2 aromatic rings. The van der Waals surface area contributed by atoms with Gasteiger partial charge in [-0.25, -0.2) is 8.42 Å². The second-order valence-electron chi connectivity index (χ2n) is 9.56. The summed E-state index contributed by atoms with van der Waals surface area (Å²) in [6.45, 7) is 9.74. The van der Waals surface area contributed by atoms with Gasteiger partial charge in [0.15, 0.2) is 11.5 Å². The van der Waals surface area contributed by atoms with Gasteiger partial charge < -0.3 is 14.8 Å². The second kappa shape index (κ2) is 9.96. The molecular weight excluding hydrogens is 452 g/mol. The van der Waals surface area contributed by atoms with Gasteiger partial charge in [-0.3, -0.25) is 4.79 Å². The molecule has 34 heavy (non-hydrogen) atoms. The van der Waals surface area contributed by atoms with Crippen LogP contribution in [0.3, 0.4) is 0 Å². The predicted octanol–water partition coefficient (Wildman–Crippen LogP) is 3.99.